The number of amides is 1. The molecule has 0 unspecified atom stereocenters. The Morgan fingerprint density at radius 2 is 1.66 bits per heavy atom. The molecule has 11 heteroatoms. The predicted octanol–water partition coefficient (Wildman–Crippen LogP) is 5.64. The Kier molecular flexibility index (Phi) is 12.4. The Morgan fingerprint density at radius 3 is 2.09 bits per heavy atom. The summed E-state index contributed by atoms with van der Waals surface area (Å²) in [5, 5.41) is 10.8. The second kappa shape index (κ2) is 14.4. The summed E-state index contributed by atoms with van der Waals surface area (Å²) in [6, 6.07) is 1.60. The third kappa shape index (κ3) is 10.0. The molecule has 3 N–H and O–H groups in total. The van der Waals surface area contributed by atoms with Gasteiger partial charge < -0.3 is 11.1 Å². The molecule has 0 saturated heterocycles. The lowest BCUT2D eigenvalue weighted by Crippen LogP contribution is -2.22. The van der Waals surface area contributed by atoms with E-state index < -0.39 is 11.5 Å². The van der Waals surface area contributed by atoms with Crippen molar-refractivity contribution >= 4 is 40.4 Å². The molecule has 0 aliphatic heterocycles. The van der Waals surface area contributed by atoms with E-state index in [1.54, 1.807) is 25.5 Å². The van der Waals surface area contributed by atoms with Gasteiger partial charge in [-0.3, -0.25) is 14.3 Å². The summed E-state index contributed by atoms with van der Waals surface area (Å²) in [5.74, 6) is -0.494. The van der Waals surface area contributed by atoms with E-state index in [4.69, 9.17) is 17.3 Å². The number of alkyl halides is 1. The Bertz CT molecular complexity index is 1070. The molecule has 35 heavy (non-hydrogen) atoms. The smallest absolute Gasteiger partial charge is 0.261 e. The Balaban J connectivity index is 0.000000336. The second-order valence-corrected chi connectivity index (χ2v) is 8.65. The number of aromatic nitrogens is 5. The number of Topliss-reactive ketones (excluding diaryl/α,β-unsaturated/α-hetero) is 1. The van der Waals surface area contributed by atoms with Gasteiger partial charge >= 0.3 is 0 Å². The molecular formula is C24H37ClFN7O2. The van der Waals surface area contributed by atoms with Gasteiger partial charge in [-0.05, 0) is 26.8 Å². The lowest BCUT2D eigenvalue weighted by atomic mass is 10.0. The van der Waals surface area contributed by atoms with E-state index in [9.17, 15) is 14.0 Å². The van der Waals surface area contributed by atoms with Gasteiger partial charge in [-0.25, -0.2) is 13.9 Å². The minimum atomic E-state index is -1.64. The number of hydrogen-bond donors (Lipinski definition) is 2. The molecule has 0 atom stereocenters. The number of rotatable bonds is 3. The van der Waals surface area contributed by atoms with Crippen LogP contribution < -0.4 is 11.1 Å². The Morgan fingerprint density at radius 1 is 1.14 bits per heavy atom. The summed E-state index contributed by atoms with van der Waals surface area (Å²) in [5.41, 5.74) is 5.07. The average molecular weight is 510 g/mol. The number of nitrogens with two attached hydrogens (primary N) is 1. The minimum Gasteiger partial charge on any atom is -0.384 e. The van der Waals surface area contributed by atoms with Gasteiger partial charge in [-0.1, -0.05) is 64.0 Å². The zero-order valence-electron chi connectivity index (χ0n) is 21.4. The molecule has 1 fully saturated rings. The van der Waals surface area contributed by atoms with Gasteiger partial charge in [0.05, 0.1) is 11.9 Å². The quantitative estimate of drug-likeness (QED) is 0.471. The number of nitrogens with one attached hydrogen (secondary N) is 1. The van der Waals surface area contributed by atoms with Crippen LogP contribution in [0.25, 0.3) is 5.65 Å². The number of nitrogens with zero attached hydrogens (tertiary/aromatic N) is 5. The summed E-state index contributed by atoms with van der Waals surface area (Å²) in [4.78, 5) is 26.4. The van der Waals surface area contributed by atoms with Crippen LogP contribution in [0.2, 0.25) is 5.15 Å². The lowest BCUT2D eigenvalue weighted by Gasteiger charge is -2.06. The van der Waals surface area contributed by atoms with Crippen LogP contribution in [0.15, 0.2) is 24.7 Å². The average Bonchev–Trinajstić information content (AvgIpc) is 3.38. The van der Waals surface area contributed by atoms with E-state index in [0.717, 1.165) is 0 Å². The van der Waals surface area contributed by atoms with Crippen molar-refractivity contribution in [2.45, 2.75) is 78.8 Å². The third-order valence-corrected chi connectivity index (χ3v) is 5.28. The predicted molar refractivity (Wildman–Crippen MR) is 138 cm³/mol. The minimum absolute atomic E-state index is 0.213. The summed E-state index contributed by atoms with van der Waals surface area (Å²) >= 11 is 5.89. The van der Waals surface area contributed by atoms with Crippen molar-refractivity contribution in [1.29, 1.82) is 0 Å². The molecule has 9 nitrogen and oxygen atoms in total. The van der Waals surface area contributed by atoms with Gasteiger partial charge in [0.1, 0.15) is 11.4 Å². The van der Waals surface area contributed by atoms with Crippen LogP contribution in [-0.4, -0.2) is 41.7 Å². The first-order valence-electron chi connectivity index (χ1n) is 11.8. The zero-order chi connectivity index (χ0) is 26.6. The van der Waals surface area contributed by atoms with E-state index in [-0.39, 0.29) is 11.1 Å². The fourth-order valence-corrected chi connectivity index (χ4v) is 3.05. The highest BCUT2D eigenvalue weighted by molar-refractivity contribution is 6.32. The van der Waals surface area contributed by atoms with Crippen molar-refractivity contribution in [2.75, 3.05) is 11.1 Å². The number of ketones is 1. The number of anilines is 2. The maximum Gasteiger partial charge on any atom is 0.261 e. The molecule has 0 radical (unpaired) electrons. The first kappa shape index (κ1) is 30.0. The number of halogens is 2. The van der Waals surface area contributed by atoms with Gasteiger partial charge in [0.2, 0.25) is 0 Å². The van der Waals surface area contributed by atoms with Crippen LogP contribution in [0.5, 0.6) is 0 Å². The topological polar surface area (TPSA) is 120 Å². The van der Waals surface area contributed by atoms with Crippen molar-refractivity contribution in [3.8, 4) is 0 Å². The van der Waals surface area contributed by atoms with Crippen molar-refractivity contribution in [3.05, 3.63) is 35.4 Å². The first-order chi connectivity index (χ1) is 16.5. The van der Waals surface area contributed by atoms with Gasteiger partial charge in [0, 0.05) is 19.4 Å². The lowest BCUT2D eigenvalue weighted by molar-refractivity contribution is -0.126. The van der Waals surface area contributed by atoms with Crippen molar-refractivity contribution in [2.24, 2.45) is 7.05 Å². The monoisotopic (exact) mass is 509 g/mol. The molecule has 3 aromatic rings. The third-order valence-electron chi connectivity index (χ3n) is 5.00. The van der Waals surface area contributed by atoms with Crippen LogP contribution in [0.3, 0.4) is 0 Å². The van der Waals surface area contributed by atoms with E-state index in [1.807, 2.05) is 13.8 Å². The molecule has 0 bridgehead atoms. The van der Waals surface area contributed by atoms with Crippen LogP contribution >= 0.6 is 11.6 Å². The fourth-order valence-electron chi connectivity index (χ4n) is 2.84. The number of fused-ring (bicyclic) bond motifs is 1. The van der Waals surface area contributed by atoms with E-state index in [1.165, 1.54) is 74.7 Å². The van der Waals surface area contributed by atoms with Gasteiger partial charge in [0.25, 0.3) is 5.91 Å². The molecule has 0 aromatic carbocycles. The summed E-state index contributed by atoms with van der Waals surface area (Å²) < 4.78 is 15.1. The highest BCUT2D eigenvalue weighted by atomic mass is 35.5. The molecule has 1 amide bonds. The largest absolute Gasteiger partial charge is 0.384 e. The zero-order valence-corrected chi connectivity index (χ0v) is 22.2. The Hall–Kier alpha value is -3.01. The summed E-state index contributed by atoms with van der Waals surface area (Å²) in [6.07, 6.45) is 13.7. The number of carbonyl (C=O) groups excluding carboxylic acids is 2. The maximum atomic E-state index is 12.2. The van der Waals surface area contributed by atoms with Crippen molar-refractivity contribution < 1.29 is 14.0 Å². The van der Waals surface area contributed by atoms with E-state index >= 15 is 0 Å². The highest BCUT2D eigenvalue weighted by Gasteiger charge is 2.20. The number of carbonyl (C=O) groups is 2. The molecule has 3 aromatic heterocycles. The van der Waals surface area contributed by atoms with Gasteiger partial charge in [-0.15, -0.1) is 0 Å². The van der Waals surface area contributed by atoms with Crippen molar-refractivity contribution in [1.82, 2.24) is 24.4 Å². The van der Waals surface area contributed by atoms with Crippen molar-refractivity contribution in [3.63, 3.8) is 0 Å². The summed E-state index contributed by atoms with van der Waals surface area (Å²) in [6.45, 7) is 7.73. The molecule has 194 valence electrons. The van der Waals surface area contributed by atoms with E-state index in [2.05, 4.69) is 20.5 Å². The fraction of sp³-hybridized carbons (Fsp3) is 0.542. The first-order valence-corrected chi connectivity index (χ1v) is 12.2. The van der Waals surface area contributed by atoms with Gasteiger partial charge in [0.15, 0.2) is 22.3 Å². The van der Waals surface area contributed by atoms with Crippen LogP contribution in [0, 0.1) is 0 Å². The number of hydrogen-bond acceptors (Lipinski definition) is 6. The maximum absolute atomic E-state index is 12.2. The SMILES string of the molecule is C1CCCCC1.CC.CC(=O)C(C)(C)F.Cn1cc(NC(=O)c2cnn3ccc(N)nc23)c(Cl)n1. The standard InChI is InChI=1S/C11H10ClN7O.C6H12.C5H9FO.C2H6/c1-18-5-7(9(12)17-18)15-11(20)6-4-14-19-3-2-8(13)16-10(6)19;1-2-4-6-5-3-1;1-4(7)5(2,3)6;1-2/h2-5H,1H3,(H2,13,16)(H,15,20);1-6H2;1-3H3;1-2H3. The van der Waals surface area contributed by atoms with Crippen LogP contribution in [0.1, 0.15) is 83.5 Å². The summed E-state index contributed by atoms with van der Waals surface area (Å²) in [7, 11) is 1.71. The molecule has 1 saturated carbocycles. The van der Waals surface area contributed by atoms with Gasteiger partial charge in [-0.2, -0.15) is 10.2 Å². The van der Waals surface area contributed by atoms with Crippen LogP contribution in [-0.2, 0) is 11.8 Å². The molecular weight excluding hydrogens is 473 g/mol. The second-order valence-electron chi connectivity index (χ2n) is 8.29. The normalized spacial score (nSPS) is 12.8. The molecule has 1 aliphatic rings. The molecule has 1 aliphatic carbocycles. The Labute approximate surface area is 211 Å². The van der Waals surface area contributed by atoms with Crippen LogP contribution in [0.4, 0.5) is 15.9 Å². The highest BCUT2D eigenvalue weighted by Crippen LogP contribution is 2.20. The molecule has 0 spiro atoms. The number of aryl methyl sites for hydroxylation is 1. The molecule has 3 heterocycles. The number of nitrogen functional groups attached to an aromatic ring is 1. The van der Waals surface area contributed by atoms with E-state index in [0.29, 0.717) is 22.7 Å². The molecule has 4 rings (SSSR count).